The van der Waals surface area contributed by atoms with Gasteiger partial charge in [-0.25, -0.2) is 4.79 Å². The third-order valence-electron chi connectivity index (χ3n) is 3.75. The van der Waals surface area contributed by atoms with Crippen LogP contribution in [0.4, 0.5) is 4.79 Å². The van der Waals surface area contributed by atoms with Crippen molar-refractivity contribution < 1.29 is 14.6 Å². The molecule has 5 heteroatoms. The summed E-state index contributed by atoms with van der Waals surface area (Å²) in [6.07, 6.45) is 4.31. The molecule has 1 saturated heterocycles. The fraction of sp³-hybridized carbons (Fsp3) is 0.917. The fourth-order valence-electron chi connectivity index (χ4n) is 2.63. The van der Waals surface area contributed by atoms with Crippen LogP contribution in [-0.2, 0) is 4.74 Å². The molecule has 2 rings (SSSR count). The van der Waals surface area contributed by atoms with Crippen LogP contribution in [0.1, 0.15) is 25.7 Å². The van der Waals surface area contributed by atoms with E-state index in [1.165, 1.54) is 0 Å². The van der Waals surface area contributed by atoms with E-state index >= 15 is 0 Å². The minimum Gasteiger partial charge on any atom is -0.396 e. The van der Waals surface area contributed by atoms with Gasteiger partial charge in [0.25, 0.3) is 0 Å². The lowest BCUT2D eigenvalue weighted by Gasteiger charge is -2.34. The highest BCUT2D eigenvalue weighted by atomic mass is 16.5. The topological polar surface area (TPSA) is 61.8 Å². The van der Waals surface area contributed by atoms with Gasteiger partial charge in [-0.05, 0) is 12.8 Å². The van der Waals surface area contributed by atoms with Crippen molar-refractivity contribution in [3.8, 4) is 0 Å². The zero-order valence-corrected chi connectivity index (χ0v) is 10.2. The summed E-state index contributed by atoms with van der Waals surface area (Å²) >= 11 is 0. The van der Waals surface area contributed by atoms with E-state index in [-0.39, 0.29) is 24.6 Å². The predicted octanol–water partition coefficient (Wildman–Crippen LogP) is 0.579. The summed E-state index contributed by atoms with van der Waals surface area (Å²) in [4.78, 5) is 13.8. The lowest BCUT2D eigenvalue weighted by atomic mass is 9.85. The second kappa shape index (κ2) is 6.21. The Labute approximate surface area is 102 Å². The van der Waals surface area contributed by atoms with Gasteiger partial charge in [0.05, 0.1) is 13.2 Å². The number of hydrogen-bond acceptors (Lipinski definition) is 3. The molecule has 1 aliphatic carbocycles. The Kier molecular flexibility index (Phi) is 4.62. The monoisotopic (exact) mass is 242 g/mol. The van der Waals surface area contributed by atoms with E-state index < -0.39 is 0 Å². The molecule has 2 unspecified atom stereocenters. The molecule has 2 fully saturated rings. The minimum atomic E-state index is -0.00125. The van der Waals surface area contributed by atoms with Gasteiger partial charge in [0.2, 0.25) is 0 Å². The van der Waals surface area contributed by atoms with Crippen LogP contribution in [0.3, 0.4) is 0 Å². The molecule has 1 aliphatic heterocycles. The molecule has 0 aromatic heterocycles. The van der Waals surface area contributed by atoms with Gasteiger partial charge >= 0.3 is 6.03 Å². The van der Waals surface area contributed by atoms with E-state index in [4.69, 9.17) is 4.74 Å². The second-order valence-corrected chi connectivity index (χ2v) is 4.88. The number of nitrogens with zero attached hydrogens (tertiary/aromatic N) is 1. The van der Waals surface area contributed by atoms with Crippen LogP contribution >= 0.6 is 0 Å². The van der Waals surface area contributed by atoms with Crippen molar-refractivity contribution >= 4 is 6.03 Å². The number of aliphatic hydroxyl groups excluding tert-OH is 1. The first-order chi connectivity index (χ1) is 8.31. The van der Waals surface area contributed by atoms with Gasteiger partial charge in [-0.2, -0.15) is 0 Å². The number of amides is 2. The molecule has 0 aromatic carbocycles. The Morgan fingerprint density at radius 3 is 2.71 bits per heavy atom. The second-order valence-electron chi connectivity index (χ2n) is 4.88. The van der Waals surface area contributed by atoms with Crippen molar-refractivity contribution in [1.82, 2.24) is 10.2 Å². The van der Waals surface area contributed by atoms with E-state index in [0.29, 0.717) is 26.3 Å². The minimum absolute atomic E-state index is 0.00125. The average molecular weight is 242 g/mol. The van der Waals surface area contributed by atoms with Crippen molar-refractivity contribution in [2.24, 2.45) is 5.92 Å². The van der Waals surface area contributed by atoms with E-state index in [0.717, 1.165) is 25.7 Å². The van der Waals surface area contributed by atoms with Crippen molar-refractivity contribution in [2.75, 3.05) is 32.9 Å². The number of urea groups is 1. The number of morpholine rings is 1. The molecule has 0 aromatic rings. The summed E-state index contributed by atoms with van der Waals surface area (Å²) in [5.41, 5.74) is 0. The number of ether oxygens (including phenoxy) is 1. The van der Waals surface area contributed by atoms with Crippen LogP contribution < -0.4 is 5.32 Å². The predicted molar refractivity (Wildman–Crippen MR) is 63.8 cm³/mol. The number of aliphatic hydroxyl groups is 1. The van der Waals surface area contributed by atoms with Crippen molar-refractivity contribution in [1.29, 1.82) is 0 Å². The van der Waals surface area contributed by atoms with Gasteiger partial charge in [-0.3, -0.25) is 0 Å². The summed E-state index contributed by atoms with van der Waals surface area (Å²) in [6.45, 7) is 2.77. The number of rotatable bonds is 2. The van der Waals surface area contributed by atoms with Crippen molar-refractivity contribution in [3.05, 3.63) is 0 Å². The maximum absolute atomic E-state index is 12.0. The van der Waals surface area contributed by atoms with E-state index in [9.17, 15) is 9.90 Å². The number of hydrogen-bond donors (Lipinski definition) is 2. The molecular weight excluding hydrogens is 220 g/mol. The maximum Gasteiger partial charge on any atom is 0.317 e. The van der Waals surface area contributed by atoms with Gasteiger partial charge < -0.3 is 20.1 Å². The molecule has 1 heterocycles. The first kappa shape index (κ1) is 12.6. The van der Waals surface area contributed by atoms with Gasteiger partial charge in [0, 0.05) is 31.7 Å². The highest BCUT2D eigenvalue weighted by molar-refractivity contribution is 5.74. The molecule has 2 atom stereocenters. The molecule has 98 valence electrons. The zero-order chi connectivity index (χ0) is 12.1. The SMILES string of the molecule is O=C(NC1CCCCC1CO)N1CCOCC1. The summed E-state index contributed by atoms with van der Waals surface area (Å²) in [5.74, 6) is 0.230. The van der Waals surface area contributed by atoms with Crippen LogP contribution in [0, 0.1) is 5.92 Å². The van der Waals surface area contributed by atoms with Crippen LogP contribution in [-0.4, -0.2) is 55.0 Å². The molecule has 0 bridgehead atoms. The number of nitrogens with one attached hydrogen (secondary N) is 1. The third kappa shape index (κ3) is 3.33. The van der Waals surface area contributed by atoms with Gasteiger partial charge in [0.15, 0.2) is 0 Å². The normalized spacial score (nSPS) is 30.1. The van der Waals surface area contributed by atoms with Crippen LogP contribution in [0.5, 0.6) is 0 Å². The molecular formula is C12H22N2O3. The van der Waals surface area contributed by atoms with E-state index in [1.807, 2.05) is 0 Å². The van der Waals surface area contributed by atoms with Gasteiger partial charge in [0.1, 0.15) is 0 Å². The Bertz CT molecular complexity index is 254. The van der Waals surface area contributed by atoms with Crippen molar-refractivity contribution in [2.45, 2.75) is 31.7 Å². The zero-order valence-electron chi connectivity index (χ0n) is 10.2. The molecule has 2 N–H and O–H groups in total. The Morgan fingerprint density at radius 2 is 2.00 bits per heavy atom. The standard InChI is InChI=1S/C12H22N2O3/c15-9-10-3-1-2-4-11(10)13-12(16)14-5-7-17-8-6-14/h10-11,15H,1-9H2,(H,13,16). The number of carbonyl (C=O) groups is 1. The quantitative estimate of drug-likeness (QED) is 0.744. The lowest BCUT2D eigenvalue weighted by Crippen LogP contribution is -2.52. The number of carbonyl (C=O) groups excluding carboxylic acids is 1. The average Bonchev–Trinajstić information content (AvgIpc) is 2.40. The smallest absolute Gasteiger partial charge is 0.317 e. The first-order valence-electron chi connectivity index (χ1n) is 6.55. The fourth-order valence-corrected chi connectivity index (χ4v) is 2.63. The molecule has 2 aliphatic rings. The van der Waals surface area contributed by atoms with Crippen molar-refractivity contribution in [3.63, 3.8) is 0 Å². The summed E-state index contributed by atoms with van der Waals surface area (Å²) in [7, 11) is 0. The van der Waals surface area contributed by atoms with Crippen LogP contribution in [0.25, 0.3) is 0 Å². The van der Waals surface area contributed by atoms with Crippen LogP contribution in [0.2, 0.25) is 0 Å². The molecule has 0 radical (unpaired) electrons. The van der Waals surface area contributed by atoms with Gasteiger partial charge in [-0.15, -0.1) is 0 Å². The summed E-state index contributed by atoms with van der Waals surface area (Å²) in [6, 6.07) is 0.141. The molecule has 0 spiro atoms. The highest BCUT2D eigenvalue weighted by Gasteiger charge is 2.27. The molecule has 5 nitrogen and oxygen atoms in total. The summed E-state index contributed by atoms with van der Waals surface area (Å²) < 4.78 is 5.22. The van der Waals surface area contributed by atoms with Crippen LogP contribution in [0.15, 0.2) is 0 Å². The largest absolute Gasteiger partial charge is 0.396 e. The Balaban J connectivity index is 1.83. The third-order valence-corrected chi connectivity index (χ3v) is 3.75. The van der Waals surface area contributed by atoms with E-state index in [1.54, 1.807) is 4.90 Å². The Hall–Kier alpha value is -0.810. The maximum atomic E-state index is 12.0. The molecule has 1 saturated carbocycles. The molecule has 2 amide bonds. The molecule has 17 heavy (non-hydrogen) atoms. The van der Waals surface area contributed by atoms with E-state index in [2.05, 4.69) is 5.32 Å². The first-order valence-corrected chi connectivity index (χ1v) is 6.55. The lowest BCUT2D eigenvalue weighted by molar-refractivity contribution is 0.0504. The summed E-state index contributed by atoms with van der Waals surface area (Å²) in [5, 5.41) is 12.4. The Morgan fingerprint density at radius 1 is 1.29 bits per heavy atom. The highest BCUT2D eigenvalue weighted by Crippen LogP contribution is 2.24. The van der Waals surface area contributed by atoms with Gasteiger partial charge in [-0.1, -0.05) is 12.8 Å².